The second kappa shape index (κ2) is 22.5. The third-order valence-electron chi connectivity index (χ3n) is 11.6. The SMILES string of the molecule is CCCOCn1c(=O)c(-c2ccccc2Cl)cc2cnc(NC3CCC(N)CC3)nc21.CCCOCn1c(=O)c(-c2ccccc2Cl)cc2cnc(NC3CCC(NC(N)=O)CC3)nc21. The molecule has 2 amide bonds. The number of ether oxygens (including phenoxy) is 2. The van der Waals surface area contributed by atoms with Crippen molar-refractivity contribution < 1.29 is 14.3 Å². The number of anilines is 2. The molecule has 0 aliphatic heterocycles. The number of rotatable bonds is 15. The first-order chi connectivity index (χ1) is 31.5. The van der Waals surface area contributed by atoms with Crippen molar-refractivity contribution in [1.82, 2.24) is 34.4 Å². The molecular weight excluding hydrogens is 869 g/mol. The maximum atomic E-state index is 13.5. The van der Waals surface area contributed by atoms with Gasteiger partial charge in [-0.05, 0) is 88.5 Å². The summed E-state index contributed by atoms with van der Waals surface area (Å²) < 4.78 is 14.5. The summed E-state index contributed by atoms with van der Waals surface area (Å²) in [6, 6.07) is 18.5. The molecule has 8 rings (SSSR count). The van der Waals surface area contributed by atoms with Crippen LogP contribution in [0.25, 0.3) is 44.3 Å². The Morgan fingerprint density at radius 1 is 0.662 bits per heavy atom. The zero-order valence-corrected chi connectivity index (χ0v) is 38.3. The van der Waals surface area contributed by atoms with Crippen molar-refractivity contribution in [3.05, 3.63) is 104 Å². The highest BCUT2D eigenvalue weighted by Gasteiger charge is 2.24. The Hall–Kier alpha value is -5.65. The molecule has 0 radical (unpaired) electrons. The van der Waals surface area contributed by atoms with E-state index >= 15 is 0 Å². The molecule has 2 aromatic carbocycles. The third kappa shape index (κ3) is 12.0. The number of pyridine rings is 2. The normalized spacial score (nSPS) is 18.5. The highest BCUT2D eigenvalue weighted by molar-refractivity contribution is 6.33. The second-order valence-electron chi connectivity index (χ2n) is 16.5. The average molecular weight is 927 g/mol. The first kappa shape index (κ1) is 47.3. The molecule has 2 fully saturated rings. The van der Waals surface area contributed by atoms with Crippen LogP contribution in [-0.4, -0.2) is 72.5 Å². The van der Waals surface area contributed by atoms with Crippen LogP contribution in [0.4, 0.5) is 16.7 Å². The summed E-state index contributed by atoms with van der Waals surface area (Å²) in [5, 5.41) is 12.0. The van der Waals surface area contributed by atoms with E-state index in [1.165, 1.54) is 4.57 Å². The standard InChI is InChI=1S/C24H29ClN6O3.C23H28ClN5O2/c1-2-11-34-14-31-21-15(12-19(22(31)32)18-5-3-4-6-20(18)25)13-27-24(30-21)29-17-9-7-16(8-10-17)28-23(26)33;1-2-11-31-14-29-21-15(12-19(22(29)30)18-5-3-4-6-20(18)24)13-26-23(28-21)27-17-9-7-16(25)8-10-17/h3-6,12-13,16-17H,2,7-11,14H2,1H3,(H3,26,28,33)(H,27,29,30);3-6,12-13,16-17H,2,7-11,14,25H2,1H3,(H,26,27,28). The van der Waals surface area contributed by atoms with E-state index in [2.05, 4.69) is 35.9 Å². The zero-order chi connectivity index (χ0) is 45.9. The quantitative estimate of drug-likeness (QED) is 0.0618. The van der Waals surface area contributed by atoms with Crippen LogP contribution < -0.4 is 38.5 Å². The number of benzene rings is 2. The van der Waals surface area contributed by atoms with E-state index in [9.17, 15) is 14.4 Å². The molecule has 344 valence electrons. The van der Waals surface area contributed by atoms with Gasteiger partial charge in [-0.1, -0.05) is 73.4 Å². The number of nitrogens with zero attached hydrogens (tertiary/aromatic N) is 6. The summed E-state index contributed by atoms with van der Waals surface area (Å²) in [4.78, 5) is 56.3. The number of hydrogen-bond acceptors (Lipinski definition) is 12. The van der Waals surface area contributed by atoms with E-state index in [1.54, 1.807) is 41.2 Å². The molecule has 65 heavy (non-hydrogen) atoms. The molecule has 0 saturated heterocycles. The average Bonchev–Trinajstić information content (AvgIpc) is 3.30. The summed E-state index contributed by atoms with van der Waals surface area (Å²) in [6.45, 7) is 5.34. The number of carbonyl (C=O) groups excluding carboxylic acids is 1. The Balaban J connectivity index is 0.000000195. The van der Waals surface area contributed by atoms with E-state index in [-0.39, 0.29) is 48.7 Å². The lowest BCUT2D eigenvalue weighted by atomic mass is 9.91. The van der Waals surface area contributed by atoms with Gasteiger partial charge < -0.3 is 36.9 Å². The fourth-order valence-electron chi connectivity index (χ4n) is 8.25. The highest BCUT2D eigenvalue weighted by atomic mass is 35.5. The third-order valence-corrected chi connectivity index (χ3v) is 12.3. The molecular formula is C47H57Cl2N11O5. The van der Waals surface area contributed by atoms with Gasteiger partial charge in [-0.3, -0.25) is 18.7 Å². The van der Waals surface area contributed by atoms with Crippen LogP contribution in [0.2, 0.25) is 10.0 Å². The van der Waals surface area contributed by atoms with Crippen molar-refractivity contribution in [2.45, 2.75) is 116 Å². The Morgan fingerprint density at radius 2 is 1.08 bits per heavy atom. The topological polar surface area (TPSA) is 219 Å². The molecule has 0 atom stereocenters. The predicted octanol–water partition coefficient (Wildman–Crippen LogP) is 8.07. The summed E-state index contributed by atoms with van der Waals surface area (Å²) in [6.07, 6.45) is 12.5. The number of nitrogens with one attached hydrogen (secondary N) is 3. The smallest absolute Gasteiger partial charge is 0.312 e. The summed E-state index contributed by atoms with van der Waals surface area (Å²) in [7, 11) is 0. The first-order valence-corrected chi connectivity index (χ1v) is 23.1. The molecule has 7 N–H and O–H groups in total. The Kier molecular flexibility index (Phi) is 16.4. The predicted molar refractivity (Wildman–Crippen MR) is 257 cm³/mol. The number of urea groups is 1. The van der Waals surface area contributed by atoms with Crippen molar-refractivity contribution in [2.75, 3.05) is 23.8 Å². The minimum absolute atomic E-state index is 0.0851. The van der Waals surface area contributed by atoms with E-state index in [0.717, 1.165) is 75.0 Å². The molecule has 0 spiro atoms. The molecule has 6 aromatic rings. The van der Waals surface area contributed by atoms with Gasteiger partial charge in [0, 0.05) is 92.8 Å². The van der Waals surface area contributed by atoms with Crippen LogP contribution >= 0.6 is 23.2 Å². The second-order valence-corrected chi connectivity index (χ2v) is 17.3. The minimum atomic E-state index is -0.492. The van der Waals surface area contributed by atoms with Crippen LogP contribution in [0.3, 0.4) is 0 Å². The lowest BCUT2D eigenvalue weighted by Crippen LogP contribution is -2.42. The fraction of sp³-hybridized carbons (Fsp3) is 0.426. The summed E-state index contributed by atoms with van der Waals surface area (Å²) in [5.41, 5.74) is 14.2. The summed E-state index contributed by atoms with van der Waals surface area (Å²) in [5.74, 6) is 0.968. The minimum Gasteiger partial charge on any atom is -0.361 e. The van der Waals surface area contributed by atoms with Crippen LogP contribution in [0.5, 0.6) is 0 Å². The van der Waals surface area contributed by atoms with E-state index in [1.807, 2.05) is 50.2 Å². The first-order valence-electron chi connectivity index (χ1n) is 22.3. The molecule has 2 aliphatic carbocycles. The van der Waals surface area contributed by atoms with Crippen molar-refractivity contribution in [3.8, 4) is 22.3 Å². The van der Waals surface area contributed by atoms with Gasteiger partial charge in [0.05, 0.1) is 0 Å². The zero-order valence-electron chi connectivity index (χ0n) is 36.8. The van der Waals surface area contributed by atoms with Crippen LogP contribution in [-0.2, 0) is 22.9 Å². The number of halogens is 2. The van der Waals surface area contributed by atoms with E-state index in [0.29, 0.717) is 68.7 Å². The number of amides is 2. The molecule has 4 heterocycles. The van der Waals surface area contributed by atoms with E-state index < -0.39 is 6.03 Å². The lowest BCUT2D eigenvalue weighted by molar-refractivity contribution is 0.0778. The Morgan fingerprint density at radius 3 is 1.49 bits per heavy atom. The largest absolute Gasteiger partial charge is 0.361 e. The van der Waals surface area contributed by atoms with Crippen molar-refractivity contribution in [3.63, 3.8) is 0 Å². The summed E-state index contributed by atoms with van der Waals surface area (Å²) >= 11 is 12.8. The number of nitrogens with two attached hydrogens (primary N) is 2. The van der Waals surface area contributed by atoms with Gasteiger partial charge in [0.1, 0.15) is 24.8 Å². The monoisotopic (exact) mass is 925 g/mol. The molecule has 2 saturated carbocycles. The van der Waals surface area contributed by atoms with Crippen molar-refractivity contribution in [2.24, 2.45) is 11.5 Å². The number of fused-ring (bicyclic) bond motifs is 2. The Labute approximate surface area is 387 Å². The number of hydrogen-bond donors (Lipinski definition) is 5. The molecule has 4 aromatic heterocycles. The maximum absolute atomic E-state index is 13.5. The molecule has 0 unspecified atom stereocenters. The van der Waals surface area contributed by atoms with Crippen molar-refractivity contribution >= 4 is 63.2 Å². The van der Waals surface area contributed by atoms with Gasteiger partial charge in [-0.25, -0.2) is 14.8 Å². The van der Waals surface area contributed by atoms with Gasteiger partial charge in [0.25, 0.3) is 11.1 Å². The number of carbonyl (C=O) groups is 1. The molecule has 16 nitrogen and oxygen atoms in total. The molecule has 0 bridgehead atoms. The van der Waals surface area contributed by atoms with Gasteiger partial charge >= 0.3 is 6.03 Å². The van der Waals surface area contributed by atoms with Gasteiger partial charge in [0.2, 0.25) is 11.9 Å². The number of aromatic nitrogens is 6. The Bertz CT molecular complexity index is 2700. The van der Waals surface area contributed by atoms with Gasteiger partial charge in [-0.2, -0.15) is 9.97 Å². The molecule has 18 heteroatoms. The number of primary amides is 1. The molecule has 2 aliphatic rings. The van der Waals surface area contributed by atoms with Crippen LogP contribution in [0.1, 0.15) is 78.1 Å². The van der Waals surface area contributed by atoms with Crippen molar-refractivity contribution in [1.29, 1.82) is 0 Å². The maximum Gasteiger partial charge on any atom is 0.312 e. The fourth-order valence-corrected chi connectivity index (χ4v) is 8.73. The van der Waals surface area contributed by atoms with Gasteiger partial charge in [-0.15, -0.1) is 0 Å². The highest BCUT2D eigenvalue weighted by Crippen LogP contribution is 2.30. The lowest BCUT2D eigenvalue weighted by Gasteiger charge is -2.29. The van der Waals surface area contributed by atoms with Crippen LogP contribution in [0, 0.1) is 0 Å². The van der Waals surface area contributed by atoms with E-state index in [4.69, 9.17) is 44.1 Å². The van der Waals surface area contributed by atoms with Gasteiger partial charge in [0.15, 0.2) is 0 Å². The van der Waals surface area contributed by atoms with Crippen LogP contribution in [0.15, 0.2) is 82.6 Å².